The van der Waals surface area contributed by atoms with Crippen molar-refractivity contribution in [2.75, 3.05) is 5.75 Å². The number of ether oxygens (including phenoxy) is 1. The number of thioether (sulfide) groups is 1. The van der Waals surface area contributed by atoms with Crippen molar-refractivity contribution in [2.24, 2.45) is 0 Å². The van der Waals surface area contributed by atoms with E-state index in [-0.39, 0.29) is 6.10 Å². The van der Waals surface area contributed by atoms with E-state index < -0.39 is 0 Å². The van der Waals surface area contributed by atoms with Crippen molar-refractivity contribution >= 4 is 11.8 Å². The van der Waals surface area contributed by atoms with Crippen LogP contribution in [0.3, 0.4) is 0 Å². The Hall–Kier alpha value is -2.53. The second-order valence-electron chi connectivity index (χ2n) is 6.48. The summed E-state index contributed by atoms with van der Waals surface area (Å²) < 4.78 is 7.86. The zero-order valence-corrected chi connectivity index (χ0v) is 16.7. The predicted molar refractivity (Wildman–Crippen MR) is 112 cm³/mol. The lowest BCUT2D eigenvalue weighted by molar-refractivity contribution is 0.242. The molecule has 0 aliphatic heterocycles. The molecule has 3 aromatic rings. The molecule has 0 spiro atoms. The van der Waals surface area contributed by atoms with Crippen LogP contribution >= 0.6 is 11.8 Å². The molecule has 0 bridgehead atoms. The van der Waals surface area contributed by atoms with Crippen LogP contribution in [0.2, 0.25) is 0 Å². The molecule has 4 nitrogen and oxygen atoms in total. The quantitative estimate of drug-likeness (QED) is 0.382. The molecule has 0 aliphatic carbocycles. The molecule has 1 aromatic heterocycles. The summed E-state index contributed by atoms with van der Waals surface area (Å²) in [6, 6.07) is 18.6. The first kappa shape index (κ1) is 19.2. The summed E-state index contributed by atoms with van der Waals surface area (Å²) in [4.78, 5) is 0. The van der Waals surface area contributed by atoms with Gasteiger partial charge in [-0.3, -0.25) is 4.57 Å². The predicted octanol–water partition coefficient (Wildman–Crippen LogP) is 5.12. The van der Waals surface area contributed by atoms with Gasteiger partial charge in [0.2, 0.25) is 0 Å². The second kappa shape index (κ2) is 9.42. The first-order valence-electron chi connectivity index (χ1n) is 9.16. The maximum atomic E-state index is 5.71. The fourth-order valence-corrected chi connectivity index (χ4v) is 3.49. The molecule has 5 heteroatoms. The van der Waals surface area contributed by atoms with Gasteiger partial charge in [-0.05, 0) is 50.1 Å². The van der Waals surface area contributed by atoms with Crippen molar-refractivity contribution in [3.63, 3.8) is 0 Å². The third kappa shape index (κ3) is 5.23. The first-order valence-corrected chi connectivity index (χ1v) is 10.1. The van der Waals surface area contributed by atoms with Gasteiger partial charge in [0.15, 0.2) is 5.16 Å². The number of para-hydroxylation sites is 1. The molecule has 0 unspecified atom stereocenters. The molecule has 2 aromatic carbocycles. The Kier molecular flexibility index (Phi) is 6.71. The fourth-order valence-electron chi connectivity index (χ4n) is 2.79. The molecule has 0 amide bonds. The molecule has 0 atom stereocenters. The number of nitrogens with zero attached hydrogens (tertiary/aromatic N) is 3. The monoisotopic (exact) mass is 379 g/mol. The third-order valence-corrected chi connectivity index (χ3v) is 4.90. The van der Waals surface area contributed by atoms with Crippen molar-refractivity contribution in [1.29, 1.82) is 0 Å². The van der Waals surface area contributed by atoms with E-state index >= 15 is 0 Å². The van der Waals surface area contributed by atoms with E-state index in [1.165, 1.54) is 5.56 Å². The van der Waals surface area contributed by atoms with Gasteiger partial charge in [-0.25, -0.2) is 0 Å². The fraction of sp³-hybridized carbons (Fsp3) is 0.273. The Morgan fingerprint density at radius 1 is 1.04 bits per heavy atom. The van der Waals surface area contributed by atoms with Gasteiger partial charge in [0.05, 0.1) is 6.10 Å². The number of benzene rings is 2. The molecule has 0 N–H and O–H groups in total. The Bertz CT molecular complexity index is 857. The highest BCUT2D eigenvalue weighted by atomic mass is 32.2. The highest BCUT2D eigenvalue weighted by Gasteiger charge is 2.14. The van der Waals surface area contributed by atoms with E-state index in [0.29, 0.717) is 0 Å². The SMILES string of the molecule is C=CCSc1nnc(CCc2ccc(OC(C)C)cc2)n1-c1ccccc1. The number of hydrogen-bond acceptors (Lipinski definition) is 4. The Morgan fingerprint density at radius 3 is 2.44 bits per heavy atom. The number of aryl methyl sites for hydroxylation is 2. The Labute approximate surface area is 165 Å². The van der Waals surface area contributed by atoms with E-state index in [2.05, 4.69) is 45.6 Å². The largest absolute Gasteiger partial charge is 0.491 e. The zero-order valence-electron chi connectivity index (χ0n) is 15.8. The van der Waals surface area contributed by atoms with Crippen molar-refractivity contribution in [3.8, 4) is 11.4 Å². The molecule has 140 valence electrons. The highest BCUT2D eigenvalue weighted by Crippen LogP contribution is 2.23. The summed E-state index contributed by atoms with van der Waals surface area (Å²) in [6.07, 6.45) is 3.79. The summed E-state index contributed by atoms with van der Waals surface area (Å²) in [5.41, 5.74) is 2.35. The molecular weight excluding hydrogens is 354 g/mol. The van der Waals surface area contributed by atoms with Gasteiger partial charge in [0.25, 0.3) is 0 Å². The Balaban J connectivity index is 1.76. The molecule has 0 saturated heterocycles. The smallest absolute Gasteiger partial charge is 0.196 e. The number of rotatable bonds is 9. The maximum Gasteiger partial charge on any atom is 0.196 e. The summed E-state index contributed by atoms with van der Waals surface area (Å²) in [5, 5.41) is 9.75. The van der Waals surface area contributed by atoms with Crippen LogP contribution in [-0.2, 0) is 12.8 Å². The Morgan fingerprint density at radius 2 is 1.78 bits per heavy atom. The third-order valence-electron chi connectivity index (χ3n) is 3.98. The normalized spacial score (nSPS) is 10.9. The molecule has 27 heavy (non-hydrogen) atoms. The molecule has 1 heterocycles. The molecule has 0 fully saturated rings. The van der Waals surface area contributed by atoms with Crippen LogP contribution in [-0.4, -0.2) is 26.6 Å². The van der Waals surface area contributed by atoms with Gasteiger partial charge in [0.1, 0.15) is 11.6 Å². The van der Waals surface area contributed by atoms with E-state index in [1.807, 2.05) is 50.3 Å². The maximum absolute atomic E-state index is 5.71. The molecular formula is C22H25N3OS. The van der Waals surface area contributed by atoms with E-state index in [0.717, 1.165) is 41.0 Å². The summed E-state index contributed by atoms with van der Waals surface area (Å²) in [7, 11) is 0. The van der Waals surface area contributed by atoms with Gasteiger partial charge >= 0.3 is 0 Å². The number of aromatic nitrogens is 3. The summed E-state index contributed by atoms with van der Waals surface area (Å²) >= 11 is 1.65. The van der Waals surface area contributed by atoms with Crippen LogP contribution < -0.4 is 4.74 Å². The average Bonchev–Trinajstić information content (AvgIpc) is 3.09. The van der Waals surface area contributed by atoms with Gasteiger partial charge < -0.3 is 4.74 Å². The number of hydrogen-bond donors (Lipinski definition) is 0. The van der Waals surface area contributed by atoms with E-state index in [4.69, 9.17) is 4.74 Å². The van der Waals surface area contributed by atoms with Gasteiger partial charge in [-0.2, -0.15) is 0 Å². The van der Waals surface area contributed by atoms with Crippen molar-refractivity contribution in [2.45, 2.75) is 37.9 Å². The molecule has 3 rings (SSSR count). The lowest BCUT2D eigenvalue weighted by Crippen LogP contribution is -2.06. The lowest BCUT2D eigenvalue weighted by atomic mass is 10.1. The highest BCUT2D eigenvalue weighted by molar-refractivity contribution is 7.99. The van der Waals surface area contributed by atoms with E-state index in [1.54, 1.807) is 11.8 Å². The van der Waals surface area contributed by atoms with E-state index in [9.17, 15) is 0 Å². The van der Waals surface area contributed by atoms with Crippen molar-refractivity contribution in [3.05, 3.63) is 78.6 Å². The van der Waals surface area contributed by atoms with Crippen LogP contribution in [0.25, 0.3) is 5.69 Å². The van der Waals surface area contributed by atoms with Crippen LogP contribution in [0.15, 0.2) is 72.4 Å². The second-order valence-corrected chi connectivity index (χ2v) is 7.47. The lowest BCUT2D eigenvalue weighted by Gasteiger charge is -2.11. The average molecular weight is 380 g/mol. The summed E-state index contributed by atoms with van der Waals surface area (Å²) in [5.74, 6) is 2.68. The molecule has 0 saturated carbocycles. The van der Waals surface area contributed by atoms with Crippen LogP contribution in [0.5, 0.6) is 5.75 Å². The summed E-state index contributed by atoms with van der Waals surface area (Å²) in [6.45, 7) is 7.87. The zero-order chi connectivity index (χ0) is 19.1. The minimum atomic E-state index is 0.187. The standard InChI is InChI=1S/C22H25N3OS/c1-4-16-27-22-24-23-21(25(22)19-8-6-5-7-9-19)15-12-18-10-13-20(14-11-18)26-17(2)3/h4-11,13-14,17H,1,12,15-16H2,2-3H3. The van der Waals surface area contributed by atoms with Crippen LogP contribution in [0, 0.1) is 0 Å². The minimum absolute atomic E-state index is 0.187. The first-order chi connectivity index (χ1) is 13.2. The van der Waals surface area contributed by atoms with Crippen molar-refractivity contribution < 1.29 is 4.74 Å². The molecule has 0 aliphatic rings. The van der Waals surface area contributed by atoms with Crippen LogP contribution in [0.4, 0.5) is 0 Å². The van der Waals surface area contributed by atoms with Crippen LogP contribution in [0.1, 0.15) is 25.2 Å². The molecule has 0 radical (unpaired) electrons. The van der Waals surface area contributed by atoms with Gasteiger partial charge in [-0.15, -0.1) is 16.8 Å². The van der Waals surface area contributed by atoms with Gasteiger partial charge in [-0.1, -0.05) is 48.2 Å². The topological polar surface area (TPSA) is 39.9 Å². The van der Waals surface area contributed by atoms with Crippen molar-refractivity contribution in [1.82, 2.24) is 14.8 Å². The van der Waals surface area contributed by atoms with Gasteiger partial charge in [0, 0.05) is 17.9 Å². The minimum Gasteiger partial charge on any atom is -0.491 e.